The van der Waals surface area contributed by atoms with Gasteiger partial charge in [-0.3, -0.25) is 0 Å². The Morgan fingerprint density at radius 3 is 0.333 bits per heavy atom. The van der Waals surface area contributed by atoms with Crippen molar-refractivity contribution < 1.29 is 80.9 Å². The fourth-order valence-corrected chi connectivity index (χ4v) is 0. The van der Waals surface area contributed by atoms with Gasteiger partial charge in [-0.2, -0.15) is 0 Å². The maximum absolute atomic E-state index is 0. The Balaban J connectivity index is 0. The van der Waals surface area contributed by atoms with Gasteiger partial charge in [0.2, 0.25) is 0 Å². The predicted octanol–water partition coefficient (Wildman–Crippen LogP) is -18.0. The van der Waals surface area contributed by atoms with Crippen molar-refractivity contribution in [2.24, 2.45) is 0 Å². The summed E-state index contributed by atoms with van der Waals surface area (Å²) in [6.45, 7) is 0. The molecular weight excluding hydrogens is 184 g/mol. The van der Waals surface area contributed by atoms with Crippen molar-refractivity contribution in [1.29, 1.82) is 0 Å². The topological polar surface area (TPSA) is 0 Å². The Morgan fingerprint density at radius 1 is 0.333 bits per heavy atom. The van der Waals surface area contributed by atoms with Crippen LogP contribution in [0.4, 0.5) is 0 Å². The zero-order chi connectivity index (χ0) is 0. The van der Waals surface area contributed by atoms with Crippen LogP contribution in [0, 0.1) is 0 Å². The smallest absolute Gasteiger partial charge is 1.00 e. The van der Waals surface area contributed by atoms with Crippen molar-refractivity contribution in [2.75, 3.05) is 0 Å². The molecule has 0 aromatic rings. The van der Waals surface area contributed by atoms with Gasteiger partial charge >= 0.3 is 18.9 Å². The van der Waals surface area contributed by atoms with Gasteiger partial charge in [0.1, 0.15) is 0 Å². The van der Waals surface area contributed by atoms with Crippen LogP contribution in [-0.4, -0.2) is 0 Å². The summed E-state index contributed by atoms with van der Waals surface area (Å²) in [5.41, 5.74) is 0. The molecule has 0 bridgehead atoms. The molecule has 0 aliphatic heterocycles. The van der Waals surface area contributed by atoms with Crippen molar-refractivity contribution in [3.8, 4) is 0 Å². The Labute approximate surface area is 80.4 Å². The molecule has 0 nitrogen and oxygen atoms in total. The van der Waals surface area contributed by atoms with Crippen LogP contribution in [0.5, 0.6) is 0 Å². The van der Waals surface area contributed by atoms with Gasteiger partial charge < -0.3 is 62.0 Å². The predicted molar refractivity (Wildman–Crippen MR) is 0 cm³/mol. The quantitative estimate of drug-likeness (QED) is 0.328. The Kier molecular flexibility index (Phi) is 977. The first-order chi connectivity index (χ1) is 0. The summed E-state index contributed by atoms with van der Waals surface area (Å²) in [6, 6.07) is 0. The zero-order valence-corrected chi connectivity index (χ0v) is 6.67. The average Bonchev–Trinajstić information content (AvgIpc) is 0. The van der Waals surface area contributed by atoms with E-state index in [4.69, 9.17) is 0 Å². The second kappa shape index (κ2) is 61.5. The molecular formula is Cl5Li-4. The molecule has 0 spiro atoms. The van der Waals surface area contributed by atoms with Crippen molar-refractivity contribution in [1.82, 2.24) is 0 Å². The van der Waals surface area contributed by atoms with Crippen LogP contribution in [0.3, 0.4) is 0 Å². The standard InChI is InChI=1S/5ClH.Li/h5*1H;/q;;;;;+1/p-5. The van der Waals surface area contributed by atoms with Crippen LogP contribution in [0.15, 0.2) is 0 Å². The summed E-state index contributed by atoms with van der Waals surface area (Å²) in [5.74, 6) is 0. The van der Waals surface area contributed by atoms with E-state index in [1.807, 2.05) is 0 Å². The molecule has 0 saturated heterocycles. The van der Waals surface area contributed by atoms with Gasteiger partial charge in [-0.1, -0.05) is 0 Å². The Hall–Kier alpha value is 2.05. The third kappa shape index (κ3) is 36.8. The van der Waals surface area contributed by atoms with Crippen LogP contribution < -0.4 is 80.9 Å². The molecule has 40 valence electrons. The Morgan fingerprint density at radius 2 is 0.333 bits per heavy atom. The number of hydrogen-bond acceptors (Lipinski definition) is 0. The number of rotatable bonds is 0. The molecule has 0 rings (SSSR count). The van der Waals surface area contributed by atoms with Crippen LogP contribution in [0.25, 0.3) is 0 Å². The van der Waals surface area contributed by atoms with Gasteiger partial charge in [0, 0.05) is 0 Å². The minimum absolute atomic E-state index is 0. The van der Waals surface area contributed by atoms with E-state index in [2.05, 4.69) is 0 Å². The zero-order valence-electron chi connectivity index (χ0n) is 2.89. The van der Waals surface area contributed by atoms with Crippen molar-refractivity contribution >= 4 is 0 Å². The van der Waals surface area contributed by atoms with E-state index in [0.29, 0.717) is 0 Å². The third-order valence-electron chi connectivity index (χ3n) is 0. The molecule has 0 saturated carbocycles. The van der Waals surface area contributed by atoms with E-state index in [0.717, 1.165) is 0 Å². The monoisotopic (exact) mass is 182 g/mol. The van der Waals surface area contributed by atoms with Crippen molar-refractivity contribution in [3.05, 3.63) is 0 Å². The van der Waals surface area contributed by atoms with Crippen molar-refractivity contribution in [3.63, 3.8) is 0 Å². The van der Waals surface area contributed by atoms with Gasteiger partial charge in [0.15, 0.2) is 0 Å². The molecule has 6 heavy (non-hydrogen) atoms. The van der Waals surface area contributed by atoms with Crippen LogP contribution >= 0.6 is 0 Å². The summed E-state index contributed by atoms with van der Waals surface area (Å²) in [5, 5.41) is 0. The van der Waals surface area contributed by atoms with Crippen LogP contribution in [-0.2, 0) is 0 Å². The third-order valence-corrected chi connectivity index (χ3v) is 0. The second-order valence-corrected chi connectivity index (χ2v) is 0. The fraction of sp³-hybridized carbons (Fsp3) is 0. The van der Waals surface area contributed by atoms with Gasteiger partial charge in [-0.05, 0) is 0 Å². The SMILES string of the molecule is [Cl-].[Cl-].[Cl-].[Cl-].[Cl-].[Li+]. The van der Waals surface area contributed by atoms with Gasteiger partial charge in [-0.25, -0.2) is 0 Å². The first-order valence-electron chi connectivity index (χ1n) is 0. The van der Waals surface area contributed by atoms with E-state index >= 15 is 0 Å². The Bertz CT molecular complexity index is 3.90. The van der Waals surface area contributed by atoms with Crippen LogP contribution in [0.2, 0.25) is 0 Å². The summed E-state index contributed by atoms with van der Waals surface area (Å²) in [7, 11) is 0. The summed E-state index contributed by atoms with van der Waals surface area (Å²) >= 11 is 0. The normalized spacial score (nSPS) is 0. The summed E-state index contributed by atoms with van der Waals surface area (Å²) in [6.07, 6.45) is 0. The number of hydrogen-bond donors (Lipinski definition) is 0. The van der Waals surface area contributed by atoms with E-state index in [-0.39, 0.29) is 80.9 Å². The molecule has 0 aromatic heterocycles. The van der Waals surface area contributed by atoms with Crippen LogP contribution in [0.1, 0.15) is 0 Å². The van der Waals surface area contributed by atoms with E-state index in [1.165, 1.54) is 0 Å². The van der Waals surface area contributed by atoms with Gasteiger partial charge in [0.25, 0.3) is 0 Å². The van der Waals surface area contributed by atoms with Gasteiger partial charge in [0.05, 0.1) is 0 Å². The average molecular weight is 184 g/mol. The van der Waals surface area contributed by atoms with Gasteiger partial charge in [-0.15, -0.1) is 0 Å². The second-order valence-electron chi connectivity index (χ2n) is 0. The fourth-order valence-electron chi connectivity index (χ4n) is 0. The molecule has 0 radical (unpaired) electrons. The minimum atomic E-state index is 0. The molecule has 0 unspecified atom stereocenters. The first-order valence-corrected chi connectivity index (χ1v) is 0. The molecule has 0 aromatic carbocycles. The summed E-state index contributed by atoms with van der Waals surface area (Å²) in [4.78, 5) is 0. The van der Waals surface area contributed by atoms with E-state index in [1.54, 1.807) is 0 Å². The molecule has 0 atom stereocenters. The molecule has 0 aliphatic rings. The maximum Gasteiger partial charge on any atom is 1.00 e. The molecule has 0 amide bonds. The molecule has 0 heterocycles. The first kappa shape index (κ1) is 95.3. The largest absolute Gasteiger partial charge is 1.00 e. The molecule has 0 fully saturated rings. The minimum Gasteiger partial charge on any atom is -1.00 e. The van der Waals surface area contributed by atoms with E-state index in [9.17, 15) is 0 Å². The maximum atomic E-state index is 0. The summed E-state index contributed by atoms with van der Waals surface area (Å²) < 4.78 is 0. The number of halogens is 5. The van der Waals surface area contributed by atoms with Crippen molar-refractivity contribution in [2.45, 2.75) is 0 Å². The molecule has 0 N–H and O–H groups in total. The van der Waals surface area contributed by atoms with E-state index < -0.39 is 0 Å². The molecule has 6 heteroatoms. The molecule has 0 aliphatic carbocycles.